The predicted octanol–water partition coefficient (Wildman–Crippen LogP) is 5.20. The number of halogens is 1. The molecular formula is C27H26FN3O2. The highest BCUT2D eigenvalue weighted by atomic mass is 19.1. The average Bonchev–Trinajstić information content (AvgIpc) is 2.82. The smallest absolute Gasteiger partial charge is 0.318 e. The third-order valence-corrected chi connectivity index (χ3v) is 5.85. The zero-order chi connectivity index (χ0) is 23.4. The fourth-order valence-corrected chi connectivity index (χ4v) is 3.79. The van der Waals surface area contributed by atoms with E-state index in [0.29, 0.717) is 12.1 Å². The van der Waals surface area contributed by atoms with Crippen molar-refractivity contribution in [3.63, 3.8) is 0 Å². The number of urea groups is 1. The minimum atomic E-state index is -0.338. The van der Waals surface area contributed by atoms with E-state index in [-0.39, 0.29) is 30.5 Å². The minimum absolute atomic E-state index is 0.121. The topological polar surface area (TPSA) is 65.2 Å². The summed E-state index contributed by atoms with van der Waals surface area (Å²) in [6, 6.07) is 21.1. The standard InChI is InChI=1S/C27H26FN3O2/c1-18-8-11-22-14-23(26(32)30-25(22)19(18)2)17-31(16-21-9-12-24(28)13-10-21)27(33)29-15-20-6-4-3-5-7-20/h3-14H,15-17H2,1-2H3,(H,29,33)(H,30,32). The lowest BCUT2D eigenvalue weighted by Crippen LogP contribution is -2.39. The Morgan fingerprint density at radius 3 is 2.39 bits per heavy atom. The van der Waals surface area contributed by atoms with Crippen molar-refractivity contribution in [2.45, 2.75) is 33.5 Å². The highest BCUT2D eigenvalue weighted by molar-refractivity contribution is 5.83. The number of amides is 2. The first-order chi connectivity index (χ1) is 15.9. The molecule has 168 valence electrons. The van der Waals surface area contributed by atoms with Crippen LogP contribution in [0, 0.1) is 19.7 Å². The summed E-state index contributed by atoms with van der Waals surface area (Å²) in [5.74, 6) is -0.338. The van der Waals surface area contributed by atoms with Gasteiger partial charge in [-0.05, 0) is 59.7 Å². The summed E-state index contributed by atoms with van der Waals surface area (Å²) in [6.07, 6.45) is 0. The van der Waals surface area contributed by atoms with Gasteiger partial charge in [0.05, 0.1) is 12.1 Å². The van der Waals surface area contributed by atoms with Crippen molar-refractivity contribution in [3.05, 3.63) is 117 Å². The molecule has 33 heavy (non-hydrogen) atoms. The molecule has 0 saturated carbocycles. The van der Waals surface area contributed by atoms with Gasteiger partial charge in [0, 0.05) is 18.7 Å². The Hall–Kier alpha value is -3.93. The fourth-order valence-electron chi connectivity index (χ4n) is 3.79. The number of nitrogens with zero attached hydrogens (tertiary/aromatic N) is 1. The van der Waals surface area contributed by atoms with Gasteiger partial charge in [0.15, 0.2) is 0 Å². The van der Waals surface area contributed by atoms with Crippen molar-refractivity contribution in [1.82, 2.24) is 15.2 Å². The maximum atomic E-state index is 13.4. The molecule has 0 aliphatic rings. The first-order valence-electron chi connectivity index (χ1n) is 10.8. The molecule has 0 unspecified atom stereocenters. The third-order valence-electron chi connectivity index (χ3n) is 5.85. The molecular weight excluding hydrogens is 417 g/mol. The molecule has 3 aromatic carbocycles. The van der Waals surface area contributed by atoms with Crippen molar-refractivity contribution in [3.8, 4) is 0 Å². The van der Waals surface area contributed by atoms with Gasteiger partial charge in [-0.3, -0.25) is 4.79 Å². The van der Waals surface area contributed by atoms with Crippen LogP contribution in [0.5, 0.6) is 0 Å². The highest BCUT2D eigenvalue weighted by Crippen LogP contribution is 2.20. The SMILES string of the molecule is Cc1ccc2cc(CN(Cc3ccc(F)cc3)C(=O)NCc3ccccc3)c(=O)[nH]c2c1C. The zero-order valence-corrected chi connectivity index (χ0v) is 18.7. The summed E-state index contributed by atoms with van der Waals surface area (Å²) >= 11 is 0. The normalized spacial score (nSPS) is 10.9. The lowest BCUT2D eigenvalue weighted by atomic mass is 10.0. The van der Waals surface area contributed by atoms with Crippen LogP contribution in [-0.4, -0.2) is 15.9 Å². The van der Waals surface area contributed by atoms with Gasteiger partial charge in [-0.25, -0.2) is 9.18 Å². The van der Waals surface area contributed by atoms with Gasteiger partial charge in [0.1, 0.15) is 5.82 Å². The van der Waals surface area contributed by atoms with E-state index >= 15 is 0 Å². The molecule has 1 aromatic heterocycles. The number of H-pyrrole nitrogens is 1. The Morgan fingerprint density at radius 1 is 0.939 bits per heavy atom. The third kappa shape index (κ3) is 5.29. The maximum absolute atomic E-state index is 13.4. The van der Waals surface area contributed by atoms with E-state index in [9.17, 15) is 14.0 Å². The molecule has 4 rings (SSSR count). The number of hydrogen-bond acceptors (Lipinski definition) is 2. The number of hydrogen-bond donors (Lipinski definition) is 2. The quantitative estimate of drug-likeness (QED) is 0.430. The second-order valence-corrected chi connectivity index (χ2v) is 8.22. The molecule has 1 heterocycles. The monoisotopic (exact) mass is 443 g/mol. The van der Waals surface area contributed by atoms with Crippen molar-refractivity contribution in [1.29, 1.82) is 0 Å². The molecule has 0 aliphatic heterocycles. The van der Waals surface area contributed by atoms with Crippen molar-refractivity contribution >= 4 is 16.9 Å². The van der Waals surface area contributed by atoms with Crippen molar-refractivity contribution in [2.75, 3.05) is 0 Å². The Bertz CT molecular complexity index is 1330. The van der Waals surface area contributed by atoms with Crippen molar-refractivity contribution < 1.29 is 9.18 Å². The molecule has 0 bridgehead atoms. The predicted molar refractivity (Wildman–Crippen MR) is 128 cm³/mol. The number of aromatic amines is 1. The number of pyridine rings is 1. The summed E-state index contributed by atoms with van der Waals surface area (Å²) in [5, 5.41) is 3.84. The van der Waals surface area contributed by atoms with E-state index in [1.54, 1.807) is 17.0 Å². The van der Waals surface area contributed by atoms with Gasteiger partial charge < -0.3 is 15.2 Å². The molecule has 4 aromatic rings. The number of aromatic nitrogens is 1. The van der Waals surface area contributed by atoms with Crippen molar-refractivity contribution in [2.24, 2.45) is 0 Å². The summed E-state index contributed by atoms with van der Waals surface area (Å²) in [4.78, 5) is 30.5. The first kappa shape index (κ1) is 22.3. The number of carbonyl (C=O) groups excluding carboxylic acids is 1. The number of carbonyl (C=O) groups is 1. The van der Waals surface area contributed by atoms with E-state index in [4.69, 9.17) is 0 Å². The van der Waals surface area contributed by atoms with E-state index < -0.39 is 0 Å². The van der Waals surface area contributed by atoms with E-state index in [1.807, 2.05) is 62.4 Å². The van der Waals surface area contributed by atoms with E-state index in [2.05, 4.69) is 10.3 Å². The Labute approximate surface area is 191 Å². The van der Waals surface area contributed by atoms with Gasteiger partial charge in [-0.15, -0.1) is 0 Å². The number of rotatable bonds is 6. The Kier molecular flexibility index (Phi) is 6.54. The first-order valence-corrected chi connectivity index (χ1v) is 10.8. The fraction of sp³-hybridized carbons (Fsp3) is 0.185. The van der Waals surface area contributed by atoms with E-state index in [0.717, 1.165) is 33.2 Å². The number of aryl methyl sites for hydroxylation is 2. The minimum Gasteiger partial charge on any atom is -0.334 e. The van der Waals surface area contributed by atoms with Crippen LogP contribution in [0.2, 0.25) is 0 Å². The van der Waals surface area contributed by atoms with Gasteiger partial charge in [0.25, 0.3) is 5.56 Å². The molecule has 0 spiro atoms. The van der Waals surface area contributed by atoms with Gasteiger partial charge in [-0.2, -0.15) is 0 Å². The second kappa shape index (κ2) is 9.69. The molecule has 0 atom stereocenters. The highest BCUT2D eigenvalue weighted by Gasteiger charge is 2.17. The van der Waals surface area contributed by atoms with Crippen LogP contribution in [0.1, 0.15) is 27.8 Å². The molecule has 2 amide bonds. The van der Waals surface area contributed by atoms with E-state index in [1.165, 1.54) is 12.1 Å². The summed E-state index contributed by atoms with van der Waals surface area (Å²) < 4.78 is 13.4. The van der Waals surface area contributed by atoms with Crippen LogP contribution >= 0.6 is 0 Å². The van der Waals surface area contributed by atoms with Crippen LogP contribution in [0.4, 0.5) is 9.18 Å². The molecule has 0 aliphatic carbocycles. The van der Waals surface area contributed by atoms with Crippen LogP contribution in [0.15, 0.2) is 77.6 Å². The molecule has 5 nitrogen and oxygen atoms in total. The second-order valence-electron chi connectivity index (χ2n) is 8.22. The van der Waals surface area contributed by atoms with Crippen LogP contribution in [-0.2, 0) is 19.6 Å². The summed E-state index contributed by atoms with van der Waals surface area (Å²) in [6.45, 7) is 4.71. The van der Waals surface area contributed by atoms with Gasteiger partial charge in [-0.1, -0.05) is 54.6 Å². The Morgan fingerprint density at radius 2 is 1.67 bits per heavy atom. The van der Waals surface area contributed by atoms with Crippen LogP contribution in [0.25, 0.3) is 10.9 Å². The number of fused-ring (bicyclic) bond motifs is 1. The van der Waals surface area contributed by atoms with Gasteiger partial charge >= 0.3 is 6.03 Å². The lowest BCUT2D eigenvalue weighted by molar-refractivity contribution is 0.191. The van der Waals surface area contributed by atoms with Gasteiger partial charge in [0.2, 0.25) is 0 Å². The number of nitrogens with one attached hydrogen (secondary N) is 2. The average molecular weight is 444 g/mol. The maximum Gasteiger partial charge on any atom is 0.318 e. The van der Waals surface area contributed by atoms with Crippen LogP contribution < -0.4 is 10.9 Å². The molecule has 0 fully saturated rings. The summed E-state index contributed by atoms with van der Waals surface area (Å²) in [7, 11) is 0. The molecule has 0 radical (unpaired) electrons. The molecule has 2 N–H and O–H groups in total. The molecule has 6 heteroatoms. The molecule has 0 saturated heterocycles. The zero-order valence-electron chi connectivity index (χ0n) is 18.7. The number of benzene rings is 3. The Balaban J connectivity index is 1.61. The lowest BCUT2D eigenvalue weighted by Gasteiger charge is -2.23. The summed E-state index contributed by atoms with van der Waals surface area (Å²) in [5.41, 5.74) is 4.95. The largest absolute Gasteiger partial charge is 0.334 e. The van der Waals surface area contributed by atoms with Crippen LogP contribution in [0.3, 0.4) is 0 Å².